The Morgan fingerprint density at radius 2 is 1.57 bits per heavy atom. The number of carboxylic acid groups (broad SMARTS) is 1. The first-order valence-corrected chi connectivity index (χ1v) is 8.98. The highest BCUT2D eigenvalue weighted by molar-refractivity contribution is 5.92. The van der Waals surface area contributed by atoms with Gasteiger partial charge in [0.15, 0.2) is 0 Å². The van der Waals surface area contributed by atoms with E-state index in [2.05, 4.69) is 16.0 Å². The average molecular weight is 423 g/mol. The second-order valence-corrected chi connectivity index (χ2v) is 6.38. The summed E-state index contributed by atoms with van der Waals surface area (Å²) in [5, 5.41) is 25.4. The molecule has 0 spiro atoms. The summed E-state index contributed by atoms with van der Waals surface area (Å²) in [6, 6.07) is 3.41. The molecule has 0 saturated heterocycles. The van der Waals surface area contributed by atoms with Crippen LogP contribution in [0.25, 0.3) is 0 Å². The number of rotatable bonds is 12. The second-order valence-electron chi connectivity index (χ2n) is 6.38. The van der Waals surface area contributed by atoms with Crippen molar-refractivity contribution in [1.82, 2.24) is 16.0 Å². The molecule has 0 fully saturated rings. The lowest BCUT2D eigenvalue weighted by molar-refractivity contribution is -0.141. The normalized spacial score (nSPS) is 12.3. The highest BCUT2D eigenvalue weighted by Gasteiger charge is 2.23. The van der Waals surface area contributed by atoms with Gasteiger partial charge in [0.25, 0.3) is 0 Å². The number of carbonyl (C=O) groups excluding carboxylic acids is 4. The van der Waals surface area contributed by atoms with Crippen LogP contribution in [0, 0.1) is 0 Å². The third-order valence-corrected chi connectivity index (χ3v) is 3.95. The van der Waals surface area contributed by atoms with Crippen molar-refractivity contribution in [3.8, 4) is 5.75 Å². The fourth-order valence-electron chi connectivity index (χ4n) is 2.41. The van der Waals surface area contributed by atoms with Gasteiger partial charge in [-0.3, -0.25) is 19.2 Å². The first kappa shape index (κ1) is 24.4. The van der Waals surface area contributed by atoms with Gasteiger partial charge in [0, 0.05) is 12.8 Å². The number of amides is 4. The number of carbonyl (C=O) groups is 5. The lowest BCUT2D eigenvalue weighted by atomic mass is 10.1. The van der Waals surface area contributed by atoms with E-state index in [-0.39, 0.29) is 31.6 Å². The number of nitrogens with one attached hydrogen (secondary N) is 3. The molecule has 9 N–H and O–H groups in total. The maximum atomic E-state index is 12.2. The van der Waals surface area contributed by atoms with E-state index >= 15 is 0 Å². The van der Waals surface area contributed by atoms with Crippen LogP contribution >= 0.6 is 0 Å². The van der Waals surface area contributed by atoms with Crippen molar-refractivity contribution in [2.45, 2.75) is 31.3 Å². The van der Waals surface area contributed by atoms with E-state index in [1.54, 1.807) is 0 Å². The molecule has 30 heavy (non-hydrogen) atoms. The Labute approximate surface area is 172 Å². The molecule has 2 atom stereocenters. The number of aliphatic carboxylic acids is 1. The van der Waals surface area contributed by atoms with Gasteiger partial charge in [-0.1, -0.05) is 12.1 Å². The highest BCUT2D eigenvalue weighted by Crippen LogP contribution is 2.11. The number of hydrogen-bond donors (Lipinski definition) is 7. The van der Waals surface area contributed by atoms with Crippen molar-refractivity contribution >= 4 is 29.6 Å². The number of nitrogens with two attached hydrogens (primary N) is 2. The van der Waals surface area contributed by atoms with Gasteiger partial charge in [-0.25, -0.2) is 4.79 Å². The highest BCUT2D eigenvalue weighted by atomic mass is 16.4. The van der Waals surface area contributed by atoms with Gasteiger partial charge in [-0.15, -0.1) is 0 Å². The van der Waals surface area contributed by atoms with E-state index in [0.717, 1.165) is 0 Å². The summed E-state index contributed by atoms with van der Waals surface area (Å²) in [5.41, 5.74) is 10.8. The lowest BCUT2D eigenvalue weighted by Gasteiger charge is -2.18. The lowest BCUT2D eigenvalue weighted by Crippen LogP contribution is -2.52. The van der Waals surface area contributed by atoms with Crippen LogP contribution in [0.4, 0.5) is 0 Å². The predicted molar refractivity (Wildman–Crippen MR) is 104 cm³/mol. The summed E-state index contributed by atoms with van der Waals surface area (Å²) in [5.74, 6) is -4.09. The minimum absolute atomic E-state index is 0.0185. The Balaban J connectivity index is 2.63. The van der Waals surface area contributed by atoms with Crippen LogP contribution in [0.1, 0.15) is 18.4 Å². The van der Waals surface area contributed by atoms with E-state index in [1.165, 1.54) is 24.3 Å². The summed E-state index contributed by atoms with van der Waals surface area (Å²) in [7, 11) is 0. The van der Waals surface area contributed by atoms with Gasteiger partial charge in [-0.2, -0.15) is 0 Å². The number of benzene rings is 1. The topological polar surface area (TPSA) is 214 Å². The molecule has 0 aromatic heterocycles. The zero-order valence-corrected chi connectivity index (χ0v) is 16.1. The summed E-state index contributed by atoms with van der Waals surface area (Å²) >= 11 is 0. The van der Waals surface area contributed by atoms with Crippen LogP contribution in [0.5, 0.6) is 5.75 Å². The molecule has 0 heterocycles. The van der Waals surface area contributed by atoms with Crippen molar-refractivity contribution in [2.24, 2.45) is 11.5 Å². The van der Waals surface area contributed by atoms with E-state index in [9.17, 15) is 34.2 Å². The first-order chi connectivity index (χ1) is 14.1. The molecule has 4 amide bonds. The van der Waals surface area contributed by atoms with Crippen molar-refractivity contribution in [2.75, 3.05) is 13.1 Å². The third-order valence-electron chi connectivity index (χ3n) is 3.95. The Hall–Kier alpha value is -3.67. The summed E-state index contributed by atoms with van der Waals surface area (Å²) in [4.78, 5) is 58.0. The van der Waals surface area contributed by atoms with Crippen molar-refractivity contribution in [3.05, 3.63) is 29.8 Å². The molecular weight excluding hydrogens is 398 g/mol. The largest absolute Gasteiger partial charge is 0.508 e. The number of carboxylic acids is 1. The molecule has 0 aliphatic rings. The molecule has 12 heteroatoms. The quantitative estimate of drug-likeness (QED) is 0.188. The molecule has 1 aromatic rings. The van der Waals surface area contributed by atoms with Gasteiger partial charge >= 0.3 is 5.97 Å². The Kier molecular flexibility index (Phi) is 9.76. The number of aromatic hydroxyl groups is 1. The number of phenolic OH excluding ortho intramolecular Hbond substituents is 1. The predicted octanol–water partition coefficient (Wildman–Crippen LogP) is -2.67. The summed E-state index contributed by atoms with van der Waals surface area (Å²) in [6.45, 7) is -0.928. The minimum Gasteiger partial charge on any atom is -0.508 e. The van der Waals surface area contributed by atoms with Crippen LogP contribution in [-0.2, 0) is 30.4 Å². The van der Waals surface area contributed by atoms with Gasteiger partial charge in [0.2, 0.25) is 23.6 Å². The van der Waals surface area contributed by atoms with E-state index < -0.39 is 48.2 Å². The van der Waals surface area contributed by atoms with Crippen LogP contribution in [0.3, 0.4) is 0 Å². The molecule has 0 aliphatic carbocycles. The number of hydrogen-bond acceptors (Lipinski definition) is 7. The van der Waals surface area contributed by atoms with Crippen molar-refractivity contribution < 1.29 is 34.2 Å². The molecule has 0 bridgehead atoms. The molecule has 1 aromatic carbocycles. The fourth-order valence-corrected chi connectivity index (χ4v) is 2.41. The Bertz CT molecular complexity index is 782. The first-order valence-electron chi connectivity index (χ1n) is 8.98. The van der Waals surface area contributed by atoms with Gasteiger partial charge in [0.05, 0.1) is 13.1 Å². The number of primary amides is 1. The monoisotopic (exact) mass is 423 g/mol. The SMILES string of the molecule is NCC(=O)NC(CCC(N)=O)C(=O)NCC(=O)NC(Cc1ccc(O)cc1)C(=O)O. The molecule has 0 saturated carbocycles. The molecule has 0 aliphatic heterocycles. The van der Waals surface area contributed by atoms with Crippen LogP contribution in [0.15, 0.2) is 24.3 Å². The molecule has 12 nitrogen and oxygen atoms in total. The van der Waals surface area contributed by atoms with Gasteiger partial charge in [-0.05, 0) is 24.1 Å². The smallest absolute Gasteiger partial charge is 0.326 e. The van der Waals surface area contributed by atoms with E-state index in [1.807, 2.05) is 0 Å². The van der Waals surface area contributed by atoms with E-state index in [0.29, 0.717) is 5.56 Å². The van der Waals surface area contributed by atoms with Crippen LogP contribution < -0.4 is 27.4 Å². The zero-order chi connectivity index (χ0) is 22.7. The maximum absolute atomic E-state index is 12.2. The van der Waals surface area contributed by atoms with Crippen LogP contribution in [-0.4, -0.2) is 65.0 Å². The fraction of sp³-hybridized carbons (Fsp3) is 0.389. The van der Waals surface area contributed by atoms with Crippen molar-refractivity contribution in [3.63, 3.8) is 0 Å². The summed E-state index contributed by atoms with van der Waals surface area (Å²) < 4.78 is 0. The molecule has 164 valence electrons. The zero-order valence-electron chi connectivity index (χ0n) is 16.1. The van der Waals surface area contributed by atoms with Gasteiger partial charge in [0.1, 0.15) is 17.8 Å². The average Bonchev–Trinajstić information content (AvgIpc) is 2.69. The Morgan fingerprint density at radius 3 is 2.10 bits per heavy atom. The van der Waals surface area contributed by atoms with Crippen molar-refractivity contribution in [1.29, 1.82) is 0 Å². The third kappa shape index (κ3) is 9.01. The standard InChI is InChI=1S/C18H25N5O7/c19-8-15(26)22-12(5-6-14(20)25)17(28)21-9-16(27)23-13(18(29)30)7-10-1-3-11(24)4-2-10/h1-4,12-13,24H,5-9,19H2,(H2,20,25)(H,21,28)(H,22,26)(H,23,27)(H,29,30). The summed E-state index contributed by atoms with van der Waals surface area (Å²) in [6.07, 6.45) is -0.306. The molecular formula is C18H25N5O7. The maximum Gasteiger partial charge on any atom is 0.326 e. The Morgan fingerprint density at radius 1 is 0.967 bits per heavy atom. The second kappa shape index (κ2) is 12.0. The number of phenols is 1. The minimum atomic E-state index is -1.28. The molecule has 2 unspecified atom stereocenters. The molecule has 0 radical (unpaired) electrons. The molecule has 1 rings (SSSR count). The van der Waals surface area contributed by atoms with E-state index in [4.69, 9.17) is 11.5 Å². The van der Waals surface area contributed by atoms with Crippen LogP contribution in [0.2, 0.25) is 0 Å². The van der Waals surface area contributed by atoms with Gasteiger partial charge < -0.3 is 37.6 Å².